The number of hydrogen-bond acceptors (Lipinski definition) is 3. The number of carbonyl (C=O) groups excluding carboxylic acids is 1. The van der Waals surface area contributed by atoms with Crippen molar-refractivity contribution in [2.75, 3.05) is 31.1 Å². The summed E-state index contributed by atoms with van der Waals surface area (Å²) in [7, 11) is 0. The number of likely N-dealkylation sites (tertiary alicyclic amines) is 1. The summed E-state index contributed by atoms with van der Waals surface area (Å²) in [5, 5.41) is 1.29. The van der Waals surface area contributed by atoms with Gasteiger partial charge in [-0.1, -0.05) is 43.2 Å². The molecule has 2 aromatic rings. The Labute approximate surface area is 154 Å². The maximum atomic E-state index is 12.9. The topological polar surface area (TPSA) is 23.6 Å². The molecule has 3 nitrogen and oxygen atoms in total. The van der Waals surface area contributed by atoms with E-state index < -0.39 is 0 Å². The molecule has 25 heavy (non-hydrogen) atoms. The van der Waals surface area contributed by atoms with Gasteiger partial charge in [-0.05, 0) is 37.3 Å². The molecule has 2 aliphatic rings. The van der Waals surface area contributed by atoms with Gasteiger partial charge in [0.15, 0.2) is 0 Å². The van der Waals surface area contributed by atoms with Crippen LogP contribution in [0.1, 0.15) is 48.2 Å². The molecule has 0 spiro atoms. The minimum absolute atomic E-state index is 0.223. The predicted molar refractivity (Wildman–Crippen MR) is 106 cm³/mol. The van der Waals surface area contributed by atoms with Crippen molar-refractivity contribution < 1.29 is 4.79 Å². The third-order valence-electron chi connectivity index (χ3n) is 5.29. The van der Waals surface area contributed by atoms with Crippen LogP contribution >= 0.6 is 11.3 Å². The maximum absolute atomic E-state index is 12.9. The van der Waals surface area contributed by atoms with Crippen molar-refractivity contribution in [2.45, 2.75) is 38.5 Å². The van der Waals surface area contributed by atoms with Crippen molar-refractivity contribution in [2.24, 2.45) is 0 Å². The van der Waals surface area contributed by atoms with Crippen molar-refractivity contribution in [3.8, 4) is 11.1 Å². The summed E-state index contributed by atoms with van der Waals surface area (Å²) in [4.78, 5) is 18.4. The molecule has 0 saturated carbocycles. The largest absolute Gasteiger partial charge is 0.363 e. The number of amides is 1. The molecule has 0 aliphatic carbocycles. The second-order valence-corrected chi connectivity index (χ2v) is 8.13. The Hall–Kier alpha value is -1.81. The predicted octanol–water partition coefficient (Wildman–Crippen LogP) is 5.03. The Balaban J connectivity index is 1.71. The Morgan fingerprint density at radius 3 is 2.16 bits per heavy atom. The van der Waals surface area contributed by atoms with Gasteiger partial charge in [-0.2, -0.15) is 0 Å². The van der Waals surface area contributed by atoms with Gasteiger partial charge in [0.2, 0.25) is 0 Å². The van der Waals surface area contributed by atoms with Crippen LogP contribution in [0.25, 0.3) is 11.1 Å². The van der Waals surface area contributed by atoms with Gasteiger partial charge in [0, 0.05) is 31.7 Å². The molecule has 2 fully saturated rings. The highest BCUT2D eigenvalue weighted by Crippen LogP contribution is 2.40. The fraction of sp³-hybridized carbons (Fsp3) is 0.476. The van der Waals surface area contributed by atoms with E-state index in [1.54, 1.807) is 11.3 Å². The van der Waals surface area contributed by atoms with Crippen molar-refractivity contribution in [3.05, 3.63) is 41.3 Å². The summed E-state index contributed by atoms with van der Waals surface area (Å²) >= 11 is 1.70. The van der Waals surface area contributed by atoms with Crippen molar-refractivity contribution >= 4 is 22.2 Å². The normalized spacial score (nSPS) is 18.4. The highest BCUT2D eigenvalue weighted by atomic mass is 32.1. The van der Waals surface area contributed by atoms with Crippen molar-refractivity contribution in [1.82, 2.24) is 4.90 Å². The number of rotatable bonds is 3. The number of anilines is 1. The molecule has 1 aromatic carbocycles. The van der Waals surface area contributed by atoms with E-state index in [0.717, 1.165) is 43.9 Å². The molecule has 4 heteroatoms. The average Bonchev–Trinajstić information content (AvgIpc) is 3.27. The molecule has 0 unspecified atom stereocenters. The molecule has 0 atom stereocenters. The lowest BCUT2D eigenvalue weighted by atomic mass is 10.1. The molecule has 2 saturated heterocycles. The second-order valence-electron chi connectivity index (χ2n) is 7.10. The number of benzene rings is 1. The molecule has 4 rings (SSSR count). The van der Waals surface area contributed by atoms with Gasteiger partial charge in [0.1, 0.15) is 0 Å². The Morgan fingerprint density at radius 2 is 1.48 bits per heavy atom. The molecule has 0 N–H and O–H groups in total. The summed E-state index contributed by atoms with van der Waals surface area (Å²) in [6.45, 7) is 4.04. The first-order valence-corrected chi connectivity index (χ1v) is 10.4. The van der Waals surface area contributed by atoms with Gasteiger partial charge in [-0.3, -0.25) is 4.79 Å². The van der Waals surface area contributed by atoms with Crippen molar-refractivity contribution in [1.29, 1.82) is 0 Å². The van der Waals surface area contributed by atoms with E-state index in [2.05, 4.69) is 41.3 Å². The van der Waals surface area contributed by atoms with E-state index in [0.29, 0.717) is 0 Å². The van der Waals surface area contributed by atoms with Crippen LogP contribution in [-0.2, 0) is 0 Å². The fourth-order valence-corrected chi connectivity index (χ4v) is 5.10. The zero-order valence-corrected chi connectivity index (χ0v) is 15.6. The molecule has 1 aromatic heterocycles. The number of carbonyl (C=O) groups is 1. The highest BCUT2D eigenvalue weighted by Gasteiger charge is 2.25. The van der Waals surface area contributed by atoms with Crippen LogP contribution < -0.4 is 4.90 Å². The number of hydrogen-bond donors (Lipinski definition) is 0. The van der Waals surface area contributed by atoms with Crippen LogP contribution in [0.15, 0.2) is 36.4 Å². The molecule has 0 radical (unpaired) electrons. The van der Waals surface area contributed by atoms with Gasteiger partial charge in [-0.15, -0.1) is 11.3 Å². The zero-order valence-electron chi connectivity index (χ0n) is 14.7. The standard InChI is InChI=1S/C21H26N2OS/c24-20(22-12-8-9-13-22)19-16-18(17-10-4-3-5-11-17)21(25-19)23-14-6-1-2-7-15-23/h3-5,10-11,16H,1-2,6-9,12-15H2. The number of nitrogens with zero attached hydrogens (tertiary/aromatic N) is 2. The summed E-state index contributed by atoms with van der Waals surface area (Å²) in [6, 6.07) is 12.7. The van der Waals surface area contributed by atoms with Gasteiger partial charge < -0.3 is 9.80 Å². The van der Waals surface area contributed by atoms with Crippen LogP contribution in [0.3, 0.4) is 0 Å². The lowest BCUT2D eigenvalue weighted by Crippen LogP contribution is -2.26. The Morgan fingerprint density at radius 1 is 0.840 bits per heavy atom. The van der Waals surface area contributed by atoms with Crippen LogP contribution in [0, 0.1) is 0 Å². The zero-order chi connectivity index (χ0) is 17.1. The summed E-state index contributed by atoms with van der Waals surface area (Å²) in [5.41, 5.74) is 2.45. The summed E-state index contributed by atoms with van der Waals surface area (Å²) < 4.78 is 0. The van der Waals surface area contributed by atoms with Gasteiger partial charge in [-0.25, -0.2) is 0 Å². The fourth-order valence-electron chi connectivity index (χ4n) is 3.90. The third kappa shape index (κ3) is 3.59. The van der Waals surface area contributed by atoms with E-state index >= 15 is 0 Å². The van der Waals surface area contributed by atoms with Gasteiger partial charge in [0.05, 0.1) is 9.88 Å². The summed E-state index contributed by atoms with van der Waals surface area (Å²) in [5.74, 6) is 0.223. The number of thiophene rings is 1. The van der Waals surface area contributed by atoms with E-state index in [4.69, 9.17) is 0 Å². The van der Waals surface area contributed by atoms with Crippen LogP contribution in [0.2, 0.25) is 0 Å². The van der Waals surface area contributed by atoms with E-state index in [9.17, 15) is 4.79 Å². The highest BCUT2D eigenvalue weighted by molar-refractivity contribution is 7.18. The maximum Gasteiger partial charge on any atom is 0.264 e. The smallest absolute Gasteiger partial charge is 0.264 e. The van der Waals surface area contributed by atoms with Crippen LogP contribution in [0.5, 0.6) is 0 Å². The molecular formula is C21H26N2OS. The monoisotopic (exact) mass is 354 g/mol. The molecule has 1 amide bonds. The van der Waals surface area contributed by atoms with Crippen LogP contribution in [0.4, 0.5) is 5.00 Å². The van der Waals surface area contributed by atoms with Gasteiger partial charge >= 0.3 is 0 Å². The second kappa shape index (κ2) is 7.61. The minimum Gasteiger partial charge on any atom is -0.363 e. The first-order chi connectivity index (χ1) is 12.3. The molecule has 132 valence electrons. The van der Waals surface area contributed by atoms with Gasteiger partial charge in [0.25, 0.3) is 5.91 Å². The van der Waals surface area contributed by atoms with E-state index in [-0.39, 0.29) is 5.91 Å². The third-order valence-corrected chi connectivity index (χ3v) is 6.48. The Kier molecular flexibility index (Phi) is 5.07. The first kappa shape index (κ1) is 16.6. The molecule has 0 bridgehead atoms. The van der Waals surface area contributed by atoms with E-state index in [1.807, 2.05) is 4.90 Å². The Bertz CT molecular complexity index is 711. The van der Waals surface area contributed by atoms with Crippen molar-refractivity contribution in [3.63, 3.8) is 0 Å². The molecular weight excluding hydrogens is 328 g/mol. The van der Waals surface area contributed by atoms with Crippen LogP contribution in [-0.4, -0.2) is 37.0 Å². The molecule has 3 heterocycles. The lowest BCUT2D eigenvalue weighted by Gasteiger charge is -2.22. The quantitative estimate of drug-likeness (QED) is 0.772. The SMILES string of the molecule is O=C(c1cc(-c2ccccc2)c(N2CCCCCC2)s1)N1CCCC1. The first-order valence-electron chi connectivity index (χ1n) is 9.56. The van der Waals surface area contributed by atoms with E-state index in [1.165, 1.54) is 41.8 Å². The molecule has 2 aliphatic heterocycles. The average molecular weight is 355 g/mol. The lowest BCUT2D eigenvalue weighted by molar-refractivity contribution is 0.0797. The minimum atomic E-state index is 0.223. The summed E-state index contributed by atoms with van der Waals surface area (Å²) in [6.07, 6.45) is 7.43.